The molecule has 1 aromatic heterocycles. The molecule has 0 aliphatic rings. The van der Waals surface area contributed by atoms with Crippen LogP contribution in [-0.4, -0.2) is 32.9 Å². The molecule has 23 heavy (non-hydrogen) atoms. The minimum absolute atomic E-state index is 0.0707. The number of aliphatic carboxylic acids is 1. The second kappa shape index (κ2) is 7.12. The first-order chi connectivity index (χ1) is 11.0. The van der Waals surface area contributed by atoms with Crippen molar-refractivity contribution in [1.29, 1.82) is 0 Å². The summed E-state index contributed by atoms with van der Waals surface area (Å²) in [6.07, 6.45) is 1.21. The predicted molar refractivity (Wildman–Crippen MR) is 79.9 cm³/mol. The molecule has 2 aromatic rings. The van der Waals surface area contributed by atoms with E-state index in [0.29, 0.717) is 0 Å². The monoisotopic (exact) mass is 315 g/mol. The van der Waals surface area contributed by atoms with Gasteiger partial charge in [-0.15, -0.1) is 0 Å². The lowest BCUT2D eigenvalue weighted by Crippen LogP contribution is -2.42. The molecule has 0 saturated carbocycles. The summed E-state index contributed by atoms with van der Waals surface area (Å²) in [6.45, 7) is 0. The van der Waals surface area contributed by atoms with Crippen molar-refractivity contribution >= 4 is 17.6 Å². The van der Waals surface area contributed by atoms with Gasteiger partial charge in [0.15, 0.2) is 0 Å². The summed E-state index contributed by atoms with van der Waals surface area (Å²) in [4.78, 5) is 37.6. The Morgan fingerprint density at radius 1 is 1.22 bits per heavy atom. The van der Waals surface area contributed by atoms with Crippen LogP contribution in [-0.2, 0) is 11.2 Å². The summed E-state index contributed by atoms with van der Waals surface area (Å²) in [5, 5.41) is 22.6. The summed E-state index contributed by atoms with van der Waals surface area (Å²) in [6, 6.07) is 9.17. The number of carboxylic acid groups (broad SMARTS) is 1. The fraction of sp³-hybridized carbons (Fsp3) is 0.133. The minimum atomic E-state index is -1.30. The van der Waals surface area contributed by atoms with Crippen LogP contribution in [0.1, 0.15) is 16.1 Å². The summed E-state index contributed by atoms with van der Waals surface area (Å²) in [5.41, 5.74) is 0.110. The van der Waals surface area contributed by atoms with E-state index in [1.165, 1.54) is 30.5 Å². The molecule has 0 aliphatic heterocycles. The third-order valence-corrected chi connectivity index (χ3v) is 3.11. The molecule has 2 rings (SSSR count). The molecule has 0 spiro atoms. The fourth-order valence-electron chi connectivity index (χ4n) is 2.01. The molecule has 8 nitrogen and oxygen atoms in total. The van der Waals surface area contributed by atoms with Crippen molar-refractivity contribution in [3.8, 4) is 0 Å². The number of hydrogen-bond acceptors (Lipinski definition) is 5. The second-order valence-corrected chi connectivity index (χ2v) is 4.67. The van der Waals surface area contributed by atoms with Crippen molar-refractivity contribution in [2.45, 2.75) is 12.5 Å². The summed E-state index contributed by atoms with van der Waals surface area (Å²) in [7, 11) is 0. The quantitative estimate of drug-likeness (QED) is 0.614. The van der Waals surface area contributed by atoms with E-state index in [0.717, 1.165) is 0 Å². The third-order valence-electron chi connectivity index (χ3n) is 3.11. The number of nitro benzene ring substituents is 1. The second-order valence-electron chi connectivity index (χ2n) is 4.67. The lowest BCUT2D eigenvalue weighted by molar-refractivity contribution is -0.385. The smallest absolute Gasteiger partial charge is 0.326 e. The Hall–Kier alpha value is -3.29. The lowest BCUT2D eigenvalue weighted by Gasteiger charge is -2.14. The van der Waals surface area contributed by atoms with Crippen molar-refractivity contribution in [3.63, 3.8) is 0 Å². The SMILES string of the molecule is O=C(N[C@@H](Cc1ccccc1[N+](=O)[O-])C(=O)O)c1ccccn1. The normalized spacial score (nSPS) is 11.5. The first-order valence-electron chi connectivity index (χ1n) is 6.66. The van der Waals surface area contributed by atoms with Gasteiger partial charge in [0, 0.05) is 24.2 Å². The van der Waals surface area contributed by atoms with Crippen LogP contribution in [0.5, 0.6) is 0 Å². The van der Waals surface area contributed by atoms with Gasteiger partial charge in [-0.25, -0.2) is 4.79 Å². The zero-order valence-corrected chi connectivity index (χ0v) is 11.9. The average Bonchev–Trinajstić information content (AvgIpc) is 2.55. The Morgan fingerprint density at radius 2 is 1.91 bits per heavy atom. The predicted octanol–water partition coefficient (Wildman–Crippen LogP) is 1.42. The summed E-state index contributed by atoms with van der Waals surface area (Å²) < 4.78 is 0. The highest BCUT2D eigenvalue weighted by atomic mass is 16.6. The first kappa shape index (κ1) is 16.1. The van der Waals surface area contributed by atoms with E-state index in [-0.39, 0.29) is 23.4 Å². The van der Waals surface area contributed by atoms with Gasteiger partial charge in [0.1, 0.15) is 11.7 Å². The number of hydrogen-bond donors (Lipinski definition) is 2. The van der Waals surface area contributed by atoms with E-state index >= 15 is 0 Å². The number of amides is 1. The Morgan fingerprint density at radius 3 is 2.52 bits per heavy atom. The molecule has 0 aliphatic carbocycles. The molecule has 0 saturated heterocycles. The minimum Gasteiger partial charge on any atom is -0.480 e. The maximum Gasteiger partial charge on any atom is 0.326 e. The number of carboxylic acids is 1. The number of aromatic nitrogens is 1. The number of nitrogens with one attached hydrogen (secondary N) is 1. The van der Waals surface area contributed by atoms with Gasteiger partial charge in [0.05, 0.1) is 4.92 Å². The standard InChI is InChI=1S/C15H13N3O5/c19-14(11-6-3-4-8-16-11)17-12(15(20)21)9-10-5-1-2-7-13(10)18(22)23/h1-8,12H,9H2,(H,17,19)(H,20,21)/t12-/m0/s1. The molecule has 1 aromatic carbocycles. The molecular formula is C15H13N3O5. The number of benzene rings is 1. The van der Waals surface area contributed by atoms with Crippen molar-refractivity contribution in [2.24, 2.45) is 0 Å². The van der Waals surface area contributed by atoms with E-state index in [4.69, 9.17) is 0 Å². The number of para-hydroxylation sites is 1. The van der Waals surface area contributed by atoms with Gasteiger partial charge in [-0.1, -0.05) is 24.3 Å². The van der Waals surface area contributed by atoms with Crippen LogP contribution >= 0.6 is 0 Å². The van der Waals surface area contributed by atoms with Crippen molar-refractivity contribution < 1.29 is 19.6 Å². The topological polar surface area (TPSA) is 122 Å². The van der Waals surface area contributed by atoms with E-state index in [1.54, 1.807) is 18.2 Å². The summed E-state index contributed by atoms with van der Waals surface area (Å²) in [5.74, 6) is -1.94. The maximum atomic E-state index is 12.0. The summed E-state index contributed by atoms with van der Waals surface area (Å²) >= 11 is 0. The molecule has 1 amide bonds. The van der Waals surface area contributed by atoms with Crippen molar-refractivity contribution in [1.82, 2.24) is 10.3 Å². The number of carbonyl (C=O) groups excluding carboxylic acids is 1. The van der Waals surface area contributed by atoms with Gasteiger partial charge in [-0.2, -0.15) is 0 Å². The van der Waals surface area contributed by atoms with Crippen LogP contribution in [0.4, 0.5) is 5.69 Å². The van der Waals surface area contributed by atoms with Gasteiger partial charge in [0.25, 0.3) is 11.6 Å². The van der Waals surface area contributed by atoms with E-state index in [9.17, 15) is 24.8 Å². The molecule has 1 heterocycles. The Balaban J connectivity index is 2.19. The fourth-order valence-corrected chi connectivity index (χ4v) is 2.01. The molecule has 0 fully saturated rings. The number of rotatable bonds is 6. The number of pyridine rings is 1. The highest BCUT2D eigenvalue weighted by molar-refractivity contribution is 5.95. The number of nitrogens with zero attached hydrogens (tertiary/aromatic N) is 2. The molecule has 0 radical (unpaired) electrons. The largest absolute Gasteiger partial charge is 0.480 e. The molecule has 0 bridgehead atoms. The molecule has 118 valence electrons. The van der Waals surface area contributed by atoms with E-state index < -0.39 is 22.8 Å². The highest BCUT2D eigenvalue weighted by Crippen LogP contribution is 2.19. The van der Waals surface area contributed by atoms with Crippen molar-refractivity contribution in [2.75, 3.05) is 0 Å². The Bertz CT molecular complexity index is 733. The number of carbonyl (C=O) groups is 2. The average molecular weight is 315 g/mol. The number of nitro groups is 1. The molecule has 2 N–H and O–H groups in total. The van der Waals surface area contributed by atoms with Crippen LogP contribution in [0.2, 0.25) is 0 Å². The zero-order valence-electron chi connectivity index (χ0n) is 11.9. The first-order valence-corrected chi connectivity index (χ1v) is 6.66. The maximum absolute atomic E-state index is 12.0. The molecule has 8 heteroatoms. The van der Waals surface area contributed by atoms with Crippen LogP contribution in [0, 0.1) is 10.1 Å². The lowest BCUT2D eigenvalue weighted by atomic mass is 10.0. The van der Waals surface area contributed by atoms with Crippen LogP contribution in [0.3, 0.4) is 0 Å². The molecule has 1 atom stereocenters. The Kier molecular flexibility index (Phi) is 4.98. The van der Waals surface area contributed by atoms with Crippen LogP contribution in [0.15, 0.2) is 48.7 Å². The highest BCUT2D eigenvalue weighted by Gasteiger charge is 2.25. The van der Waals surface area contributed by atoms with Gasteiger partial charge < -0.3 is 10.4 Å². The van der Waals surface area contributed by atoms with Crippen LogP contribution in [0.25, 0.3) is 0 Å². The van der Waals surface area contributed by atoms with Crippen LogP contribution < -0.4 is 5.32 Å². The van der Waals surface area contributed by atoms with Gasteiger partial charge in [0.2, 0.25) is 0 Å². The van der Waals surface area contributed by atoms with Gasteiger partial charge >= 0.3 is 5.97 Å². The van der Waals surface area contributed by atoms with E-state index in [2.05, 4.69) is 10.3 Å². The Labute approximate surface area is 130 Å². The van der Waals surface area contributed by atoms with Crippen molar-refractivity contribution in [3.05, 3.63) is 70.0 Å². The molecule has 0 unspecified atom stereocenters. The van der Waals surface area contributed by atoms with Gasteiger partial charge in [-0.3, -0.25) is 19.9 Å². The van der Waals surface area contributed by atoms with E-state index in [1.807, 2.05) is 0 Å². The molecular weight excluding hydrogens is 302 g/mol. The zero-order chi connectivity index (χ0) is 16.8. The van der Waals surface area contributed by atoms with Gasteiger partial charge in [-0.05, 0) is 12.1 Å². The third kappa shape index (κ3) is 4.10.